The Morgan fingerprint density at radius 1 is 1.15 bits per heavy atom. The van der Waals surface area contributed by atoms with Crippen molar-refractivity contribution in [2.24, 2.45) is 5.73 Å². The van der Waals surface area contributed by atoms with Gasteiger partial charge in [-0.25, -0.2) is 4.57 Å². The fourth-order valence-corrected chi connectivity index (χ4v) is 1.36. The lowest BCUT2D eigenvalue weighted by atomic mass is 9.84. The van der Waals surface area contributed by atoms with E-state index in [4.69, 9.17) is 25.0 Å². The van der Waals surface area contributed by atoms with Crippen LogP contribution in [0.4, 0.5) is 0 Å². The molecule has 13 heavy (non-hydrogen) atoms. The minimum absolute atomic E-state index is 0.179. The van der Waals surface area contributed by atoms with Crippen molar-refractivity contribution in [2.45, 2.75) is 44.6 Å². The zero-order valence-corrected chi connectivity index (χ0v) is 8.70. The summed E-state index contributed by atoms with van der Waals surface area (Å²) in [6, 6.07) is 0. The lowest BCUT2D eigenvalue weighted by Crippen LogP contribution is -2.37. The molecule has 0 unspecified atom stereocenters. The summed E-state index contributed by atoms with van der Waals surface area (Å²) in [6.45, 7) is 2.16. The van der Waals surface area contributed by atoms with E-state index in [0.717, 1.165) is 0 Å². The van der Waals surface area contributed by atoms with Gasteiger partial charge < -0.3 is 20.4 Å². The van der Waals surface area contributed by atoms with E-state index in [0.29, 0.717) is 0 Å². The predicted molar refractivity (Wildman–Crippen MR) is 49.9 cm³/mol. The summed E-state index contributed by atoms with van der Waals surface area (Å²) in [7, 11) is -4.64. The van der Waals surface area contributed by atoms with Gasteiger partial charge in [-0.3, -0.25) is 0 Å². The first kappa shape index (κ1) is 13.1. The molecule has 0 amide bonds. The van der Waals surface area contributed by atoms with Gasteiger partial charge >= 0.3 is 7.82 Å². The molecule has 0 aromatic heterocycles. The monoisotopic (exact) mass is 211 g/mol. The Balaban J connectivity index is 0.000000252. The molecular formula is C7H18NO4P. The van der Waals surface area contributed by atoms with Gasteiger partial charge in [-0.1, -0.05) is 19.3 Å². The van der Waals surface area contributed by atoms with Crippen LogP contribution in [0.15, 0.2) is 0 Å². The van der Waals surface area contributed by atoms with Crippen molar-refractivity contribution in [3.8, 4) is 0 Å². The molecule has 1 aliphatic carbocycles. The van der Waals surface area contributed by atoms with Gasteiger partial charge in [0.25, 0.3) is 0 Å². The molecule has 5 nitrogen and oxygen atoms in total. The molecule has 6 heteroatoms. The fraction of sp³-hybridized carbons (Fsp3) is 1.00. The van der Waals surface area contributed by atoms with Gasteiger partial charge in [-0.2, -0.15) is 0 Å². The second-order valence-electron chi connectivity index (χ2n) is 3.73. The average molecular weight is 211 g/mol. The van der Waals surface area contributed by atoms with Crippen molar-refractivity contribution in [2.75, 3.05) is 0 Å². The van der Waals surface area contributed by atoms with Crippen LogP contribution < -0.4 is 5.73 Å². The Labute approximate surface area is 78.2 Å². The highest BCUT2D eigenvalue weighted by Gasteiger charge is 2.20. The Kier molecular flexibility index (Phi) is 5.10. The fourth-order valence-electron chi connectivity index (χ4n) is 1.36. The maximum absolute atomic E-state index is 8.88. The first-order chi connectivity index (χ1) is 5.71. The first-order valence-electron chi connectivity index (χ1n) is 4.28. The molecule has 0 heterocycles. The highest BCUT2D eigenvalue weighted by molar-refractivity contribution is 7.45. The van der Waals surface area contributed by atoms with Crippen LogP contribution in [0.25, 0.3) is 0 Å². The number of rotatable bonds is 0. The summed E-state index contributed by atoms with van der Waals surface area (Å²) in [4.78, 5) is 21.6. The molecule has 0 aliphatic heterocycles. The van der Waals surface area contributed by atoms with Crippen LogP contribution in [0, 0.1) is 0 Å². The molecule has 80 valence electrons. The molecule has 0 aromatic rings. The van der Waals surface area contributed by atoms with Crippen molar-refractivity contribution < 1.29 is 19.2 Å². The summed E-state index contributed by atoms with van der Waals surface area (Å²) in [5.41, 5.74) is 6.06. The first-order valence-corrected chi connectivity index (χ1v) is 5.84. The van der Waals surface area contributed by atoms with Crippen molar-refractivity contribution in [1.82, 2.24) is 0 Å². The van der Waals surface area contributed by atoms with Gasteiger partial charge in [0.05, 0.1) is 0 Å². The Bertz CT molecular complexity index is 173. The van der Waals surface area contributed by atoms with Crippen molar-refractivity contribution >= 4 is 7.82 Å². The number of hydrogen-bond acceptors (Lipinski definition) is 2. The summed E-state index contributed by atoms with van der Waals surface area (Å²) >= 11 is 0. The van der Waals surface area contributed by atoms with Crippen LogP contribution in [0.1, 0.15) is 39.0 Å². The molecule has 0 bridgehead atoms. The highest BCUT2D eigenvalue weighted by Crippen LogP contribution is 2.26. The second kappa shape index (κ2) is 5.08. The van der Waals surface area contributed by atoms with Gasteiger partial charge in [-0.15, -0.1) is 0 Å². The third-order valence-electron chi connectivity index (χ3n) is 2.00. The van der Waals surface area contributed by atoms with E-state index in [1.807, 2.05) is 0 Å². The molecule has 1 saturated carbocycles. The maximum atomic E-state index is 8.88. The molecule has 0 spiro atoms. The van der Waals surface area contributed by atoms with Crippen LogP contribution in [-0.4, -0.2) is 20.2 Å². The van der Waals surface area contributed by atoms with E-state index in [1.165, 1.54) is 32.1 Å². The Morgan fingerprint density at radius 2 is 1.46 bits per heavy atom. The highest BCUT2D eigenvalue weighted by atomic mass is 31.2. The predicted octanol–water partition coefficient (Wildman–Crippen LogP) is 0.739. The van der Waals surface area contributed by atoms with Crippen molar-refractivity contribution in [1.29, 1.82) is 0 Å². The van der Waals surface area contributed by atoms with Gasteiger partial charge in [-0.05, 0) is 19.8 Å². The zero-order valence-electron chi connectivity index (χ0n) is 7.81. The van der Waals surface area contributed by atoms with Gasteiger partial charge in [0.2, 0.25) is 0 Å². The quantitative estimate of drug-likeness (QED) is 0.442. The van der Waals surface area contributed by atoms with E-state index < -0.39 is 7.82 Å². The molecule has 1 fully saturated rings. The molecule has 0 saturated heterocycles. The largest absolute Gasteiger partial charge is 0.466 e. The second-order valence-corrected chi connectivity index (χ2v) is 4.75. The Hall–Kier alpha value is 0.0700. The van der Waals surface area contributed by atoms with Crippen LogP contribution in [0.3, 0.4) is 0 Å². The minimum Gasteiger partial charge on any atom is -0.325 e. The smallest absolute Gasteiger partial charge is 0.325 e. The van der Waals surface area contributed by atoms with Gasteiger partial charge in [0.1, 0.15) is 0 Å². The van der Waals surface area contributed by atoms with Crippen LogP contribution in [-0.2, 0) is 4.57 Å². The van der Waals surface area contributed by atoms with E-state index in [2.05, 4.69) is 6.92 Å². The minimum atomic E-state index is -4.64. The average Bonchev–Trinajstić information content (AvgIpc) is 1.82. The molecule has 1 aliphatic rings. The molecule has 1 rings (SSSR count). The van der Waals surface area contributed by atoms with Gasteiger partial charge in [0.15, 0.2) is 0 Å². The lowest BCUT2D eigenvalue weighted by molar-refractivity contribution is 0.275. The van der Waals surface area contributed by atoms with Crippen LogP contribution in [0.2, 0.25) is 0 Å². The third-order valence-corrected chi connectivity index (χ3v) is 2.00. The van der Waals surface area contributed by atoms with E-state index in [9.17, 15) is 0 Å². The van der Waals surface area contributed by atoms with E-state index in [-0.39, 0.29) is 5.54 Å². The maximum Gasteiger partial charge on any atom is 0.466 e. The zero-order chi connectivity index (χ0) is 10.5. The van der Waals surface area contributed by atoms with Crippen molar-refractivity contribution in [3.05, 3.63) is 0 Å². The van der Waals surface area contributed by atoms with Crippen molar-refractivity contribution in [3.63, 3.8) is 0 Å². The molecule has 0 aromatic carbocycles. The lowest BCUT2D eigenvalue weighted by Gasteiger charge is -2.28. The van der Waals surface area contributed by atoms with E-state index in [1.54, 1.807) is 0 Å². The topological polar surface area (TPSA) is 104 Å². The standard InChI is InChI=1S/C7H15N.H3O4P/c1-7(8)5-3-2-4-6-7;1-5(2,3)4/h2-6,8H2,1H3;(H3,1,2,3,4). The summed E-state index contributed by atoms with van der Waals surface area (Å²) < 4.78 is 8.88. The molecule has 0 atom stereocenters. The third kappa shape index (κ3) is 12.1. The number of phosphoric acid groups is 1. The normalized spacial score (nSPS) is 21.6. The molecule has 5 N–H and O–H groups in total. The summed E-state index contributed by atoms with van der Waals surface area (Å²) in [6.07, 6.45) is 6.53. The van der Waals surface area contributed by atoms with Crippen LogP contribution >= 0.6 is 7.82 Å². The summed E-state index contributed by atoms with van der Waals surface area (Å²) in [5.74, 6) is 0. The summed E-state index contributed by atoms with van der Waals surface area (Å²) in [5, 5.41) is 0. The number of nitrogens with two attached hydrogens (primary N) is 1. The SMILES string of the molecule is CC1(N)CCCCC1.O=P(O)(O)O. The number of hydrogen-bond donors (Lipinski definition) is 4. The van der Waals surface area contributed by atoms with Crippen LogP contribution in [0.5, 0.6) is 0 Å². The molecular weight excluding hydrogens is 193 g/mol. The van der Waals surface area contributed by atoms with Gasteiger partial charge in [0, 0.05) is 5.54 Å². The Morgan fingerprint density at radius 3 is 1.62 bits per heavy atom. The van der Waals surface area contributed by atoms with E-state index >= 15 is 0 Å². The molecule has 0 radical (unpaired) electrons.